The second kappa shape index (κ2) is 6.73. The maximum Gasteiger partial charge on any atom is 0.370 e. The molecule has 3 nitrogen and oxygen atoms in total. The lowest BCUT2D eigenvalue weighted by atomic mass is 10.1. The molecule has 0 saturated carbocycles. The summed E-state index contributed by atoms with van der Waals surface area (Å²) in [4.78, 5) is 10.5. The van der Waals surface area contributed by atoms with Gasteiger partial charge in [0, 0.05) is 8.95 Å². The zero-order chi connectivity index (χ0) is 13.9. The lowest BCUT2D eigenvalue weighted by Crippen LogP contribution is -2.17. The molecule has 1 N–H and O–H groups in total. The van der Waals surface area contributed by atoms with Crippen molar-refractivity contribution in [2.75, 3.05) is 0 Å². The Morgan fingerprint density at radius 3 is 2.61 bits per heavy atom. The summed E-state index contributed by atoms with van der Waals surface area (Å²) in [6, 6.07) is 5.74. The molecule has 0 aliphatic rings. The molecule has 1 rings (SSSR count). The van der Waals surface area contributed by atoms with E-state index in [9.17, 15) is 4.79 Å². The lowest BCUT2D eigenvalue weighted by molar-refractivity contribution is -0.137. The van der Waals surface area contributed by atoms with Crippen LogP contribution in [0.5, 0.6) is 0 Å². The highest BCUT2D eigenvalue weighted by molar-refractivity contribution is 9.13. The smallest absolute Gasteiger partial charge is 0.370 e. The third-order valence-corrected chi connectivity index (χ3v) is 5.57. The summed E-state index contributed by atoms with van der Waals surface area (Å²) >= 11 is 10.4. The van der Waals surface area contributed by atoms with Gasteiger partial charge in [0.05, 0.1) is 4.83 Å². The van der Waals surface area contributed by atoms with Crippen molar-refractivity contribution >= 4 is 53.8 Å². The minimum absolute atomic E-state index is 0.152. The lowest BCUT2D eigenvalue weighted by Gasteiger charge is -2.21. The third-order valence-electron chi connectivity index (χ3n) is 2.26. The number of aliphatic carboxylic acids is 1. The van der Waals surface area contributed by atoms with Gasteiger partial charge in [0.1, 0.15) is 6.10 Å². The number of hydrogen-bond donors (Lipinski definition) is 1. The molecular weight excluding hydrogens is 432 g/mol. The number of rotatable bonds is 5. The molecular formula is C12H11Br3O3. The summed E-state index contributed by atoms with van der Waals surface area (Å²) in [6.07, 6.45) is -0.362. The summed E-state index contributed by atoms with van der Waals surface area (Å²) in [7, 11) is 0. The number of ether oxygens (including phenoxy) is 1. The standard InChI is InChI=1S/C12H11Br3O3/c1-6(18-7(2)12(16)17)10(14)8-4-3-5-9(13)11(8)15/h3-6,10H,2H2,1H3,(H,16,17). The first-order chi connectivity index (χ1) is 8.34. The van der Waals surface area contributed by atoms with E-state index in [1.54, 1.807) is 6.92 Å². The first-order valence-electron chi connectivity index (χ1n) is 5.01. The monoisotopic (exact) mass is 440 g/mol. The van der Waals surface area contributed by atoms with E-state index in [2.05, 4.69) is 54.4 Å². The summed E-state index contributed by atoms with van der Waals surface area (Å²) in [6.45, 7) is 5.13. The second-order valence-electron chi connectivity index (χ2n) is 3.60. The van der Waals surface area contributed by atoms with Gasteiger partial charge in [-0.3, -0.25) is 0 Å². The molecule has 0 fully saturated rings. The Balaban J connectivity index is 2.86. The van der Waals surface area contributed by atoms with E-state index in [-0.39, 0.29) is 16.7 Å². The van der Waals surface area contributed by atoms with Crippen LogP contribution in [0.25, 0.3) is 0 Å². The summed E-state index contributed by atoms with van der Waals surface area (Å²) in [5, 5.41) is 8.73. The minimum atomic E-state index is -1.16. The van der Waals surface area contributed by atoms with Crippen LogP contribution in [0.4, 0.5) is 0 Å². The maximum atomic E-state index is 10.7. The van der Waals surface area contributed by atoms with Crippen LogP contribution in [0, 0.1) is 0 Å². The van der Waals surface area contributed by atoms with Crippen molar-refractivity contribution in [2.45, 2.75) is 17.9 Å². The van der Waals surface area contributed by atoms with E-state index in [1.807, 2.05) is 18.2 Å². The SMILES string of the molecule is C=C(OC(C)C(Br)c1cccc(Br)c1Br)C(=O)O. The van der Waals surface area contributed by atoms with Crippen LogP contribution in [-0.2, 0) is 9.53 Å². The van der Waals surface area contributed by atoms with E-state index < -0.39 is 5.97 Å². The number of hydrogen-bond acceptors (Lipinski definition) is 2. The number of carboxylic acids is 1. The van der Waals surface area contributed by atoms with Crippen molar-refractivity contribution in [3.63, 3.8) is 0 Å². The van der Waals surface area contributed by atoms with E-state index in [4.69, 9.17) is 9.84 Å². The first kappa shape index (κ1) is 15.7. The predicted molar refractivity (Wildman–Crippen MR) is 80.8 cm³/mol. The van der Waals surface area contributed by atoms with Crippen LogP contribution < -0.4 is 0 Å². The van der Waals surface area contributed by atoms with E-state index in [0.717, 1.165) is 14.5 Å². The highest BCUT2D eigenvalue weighted by atomic mass is 79.9. The van der Waals surface area contributed by atoms with Gasteiger partial charge < -0.3 is 9.84 Å². The average molecular weight is 443 g/mol. The Kier molecular flexibility index (Phi) is 5.88. The molecule has 2 atom stereocenters. The van der Waals surface area contributed by atoms with Crippen molar-refractivity contribution in [1.82, 2.24) is 0 Å². The molecule has 1 aromatic rings. The fourth-order valence-electron chi connectivity index (χ4n) is 1.32. The topological polar surface area (TPSA) is 46.5 Å². The van der Waals surface area contributed by atoms with Crippen LogP contribution in [0.2, 0.25) is 0 Å². The number of alkyl halides is 1. The van der Waals surface area contributed by atoms with Gasteiger partial charge in [0.2, 0.25) is 0 Å². The summed E-state index contributed by atoms with van der Waals surface area (Å²) in [5.74, 6) is -1.42. The molecule has 0 heterocycles. The molecule has 0 amide bonds. The van der Waals surface area contributed by atoms with Crippen molar-refractivity contribution in [2.24, 2.45) is 0 Å². The first-order valence-corrected chi connectivity index (χ1v) is 7.51. The van der Waals surface area contributed by atoms with E-state index in [0.29, 0.717) is 0 Å². The van der Waals surface area contributed by atoms with Crippen molar-refractivity contribution in [3.05, 3.63) is 45.0 Å². The molecule has 6 heteroatoms. The Labute approximate surface area is 131 Å². The molecule has 18 heavy (non-hydrogen) atoms. The van der Waals surface area contributed by atoms with Gasteiger partial charge in [-0.1, -0.05) is 28.1 Å². The minimum Gasteiger partial charge on any atom is -0.482 e. The van der Waals surface area contributed by atoms with Gasteiger partial charge in [-0.25, -0.2) is 4.79 Å². The Morgan fingerprint density at radius 2 is 2.06 bits per heavy atom. The quantitative estimate of drug-likeness (QED) is 0.410. The number of carbonyl (C=O) groups is 1. The van der Waals surface area contributed by atoms with Gasteiger partial charge >= 0.3 is 5.97 Å². The average Bonchev–Trinajstić information content (AvgIpc) is 2.31. The van der Waals surface area contributed by atoms with Crippen LogP contribution >= 0.6 is 47.8 Å². The molecule has 98 valence electrons. The molecule has 0 bridgehead atoms. The summed E-state index contributed by atoms with van der Waals surface area (Å²) < 4.78 is 7.08. The fraction of sp³-hybridized carbons (Fsp3) is 0.250. The van der Waals surface area contributed by atoms with Crippen molar-refractivity contribution in [3.8, 4) is 0 Å². The zero-order valence-corrected chi connectivity index (χ0v) is 14.2. The second-order valence-corrected chi connectivity index (χ2v) is 6.23. The van der Waals surface area contributed by atoms with Gasteiger partial charge in [-0.15, -0.1) is 0 Å². The van der Waals surface area contributed by atoms with Crippen molar-refractivity contribution < 1.29 is 14.6 Å². The fourth-order valence-corrected chi connectivity index (χ4v) is 3.01. The Hall–Kier alpha value is -0.330. The molecule has 0 radical (unpaired) electrons. The molecule has 0 aliphatic heterocycles. The van der Waals surface area contributed by atoms with E-state index >= 15 is 0 Å². The van der Waals surface area contributed by atoms with Crippen LogP contribution in [-0.4, -0.2) is 17.2 Å². The van der Waals surface area contributed by atoms with Crippen molar-refractivity contribution in [1.29, 1.82) is 0 Å². The Bertz CT molecular complexity index is 474. The molecule has 0 aliphatic carbocycles. The summed E-state index contributed by atoms with van der Waals surface area (Å²) in [5.41, 5.74) is 0.968. The molecule has 1 aromatic carbocycles. The number of carboxylic acid groups (broad SMARTS) is 1. The van der Waals surface area contributed by atoms with Crippen LogP contribution in [0.15, 0.2) is 39.5 Å². The van der Waals surface area contributed by atoms with Gasteiger partial charge in [-0.2, -0.15) is 0 Å². The number of halogens is 3. The predicted octanol–water partition coefficient (Wildman–Crippen LogP) is 4.65. The molecule has 0 spiro atoms. The third kappa shape index (κ3) is 3.83. The van der Waals surface area contributed by atoms with Crippen LogP contribution in [0.3, 0.4) is 0 Å². The van der Waals surface area contributed by atoms with Gasteiger partial charge in [-0.05, 0) is 57.0 Å². The van der Waals surface area contributed by atoms with E-state index in [1.165, 1.54) is 0 Å². The molecule has 2 unspecified atom stereocenters. The normalized spacial score (nSPS) is 13.8. The highest BCUT2D eigenvalue weighted by Gasteiger charge is 2.22. The van der Waals surface area contributed by atoms with Crippen LogP contribution in [0.1, 0.15) is 17.3 Å². The molecule has 0 saturated heterocycles. The maximum absolute atomic E-state index is 10.7. The van der Waals surface area contributed by atoms with Gasteiger partial charge in [0.25, 0.3) is 0 Å². The number of benzene rings is 1. The highest BCUT2D eigenvalue weighted by Crippen LogP contribution is 2.37. The van der Waals surface area contributed by atoms with Gasteiger partial charge in [0.15, 0.2) is 5.76 Å². The Morgan fingerprint density at radius 1 is 1.44 bits per heavy atom. The zero-order valence-electron chi connectivity index (χ0n) is 9.49. The largest absolute Gasteiger partial charge is 0.482 e. The molecule has 0 aromatic heterocycles.